The fourth-order valence-corrected chi connectivity index (χ4v) is 6.91. The van der Waals surface area contributed by atoms with Gasteiger partial charge in [-0.2, -0.15) is 8.96 Å². The molecule has 0 bridgehead atoms. The van der Waals surface area contributed by atoms with Crippen LogP contribution in [0.3, 0.4) is 0 Å². The van der Waals surface area contributed by atoms with E-state index in [-0.39, 0.29) is 62.0 Å². The third-order valence-electron chi connectivity index (χ3n) is 5.63. The van der Waals surface area contributed by atoms with Crippen molar-refractivity contribution in [3.8, 4) is 11.5 Å². The maximum absolute atomic E-state index is 13.8. The Balaban J connectivity index is 0.00000380. The Labute approximate surface area is 239 Å². The van der Waals surface area contributed by atoms with Crippen molar-refractivity contribution in [1.29, 1.82) is 0 Å². The van der Waals surface area contributed by atoms with E-state index in [4.69, 9.17) is 9.47 Å². The number of pyridine rings is 1. The molecule has 10 nitrogen and oxygen atoms in total. The summed E-state index contributed by atoms with van der Waals surface area (Å²) >= 11 is -1.95. The van der Waals surface area contributed by atoms with Gasteiger partial charge in [0.15, 0.2) is 5.75 Å². The molecule has 2 heterocycles. The second-order valence-electron chi connectivity index (χ2n) is 7.89. The average molecular weight is 554 g/mol. The molecule has 0 spiro atoms. The van der Waals surface area contributed by atoms with Gasteiger partial charge < -0.3 is 19.1 Å². The first-order valence-corrected chi connectivity index (χ1v) is 13.4. The second-order valence-corrected chi connectivity index (χ2v) is 11.0. The zero-order valence-electron chi connectivity index (χ0n) is 19.9. The molecule has 2 aromatic heterocycles. The van der Waals surface area contributed by atoms with Crippen LogP contribution in [0.2, 0.25) is 0 Å². The van der Waals surface area contributed by atoms with E-state index < -0.39 is 27.2 Å². The number of aromatic nitrogens is 3. The minimum atomic E-state index is -4.38. The number of carboxylic acids is 1. The van der Waals surface area contributed by atoms with Crippen molar-refractivity contribution in [2.75, 3.05) is 14.2 Å². The molecule has 0 radical (unpaired) electrons. The van der Waals surface area contributed by atoms with Crippen LogP contribution in [0.5, 0.6) is 11.5 Å². The number of hydrogen-bond donors (Lipinski definition) is 1. The molecule has 1 unspecified atom stereocenters. The number of nitrogens with zero attached hydrogens (tertiary/aromatic N) is 3. The summed E-state index contributed by atoms with van der Waals surface area (Å²) in [5, 5.41) is 9.11. The van der Waals surface area contributed by atoms with Crippen LogP contribution in [0.15, 0.2) is 58.7 Å². The molecule has 0 saturated heterocycles. The molecule has 4 rings (SSSR count). The third-order valence-corrected chi connectivity index (χ3v) is 8.66. The number of methoxy groups -OCH3 is 2. The van der Waals surface area contributed by atoms with Gasteiger partial charge in [0.25, 0.3) is 10.0 Å². The molecular weight excluding hydrogens is 529 g/mol. The monoisotopic (exact) mass is 553 g/mol. The van der Waals surface area contributed by atoms with E-state index in [0.29, 0.717) is 22.8 Å². The molecule has 0 amide bonds. The summed E-state index contributed by atoms with van der Waals surface area (Å²) in [6.07, 6.45) is 1.60. The Kier molecular flexibility index (Phi) is 8.93. The number of hydrogen-bond acceptors (Lipinski definition) is 8. The van der Waals surface area contributed by atoms with Crippen molar-refractivity contribution in [1.82, 2.24) is 13.9 Å². The van der Waals surface area contributed by atoms with Gasteiger partial charge in [-0.1, -0.05) is 6.07 Å². The number of carbonyl (C=O) groups is 1. The van der Waals surface area contributed by atoms with E-state index in [2.05, 4.69) is 9.97 Å². The SMILES string of the molecule is COc1ccc2c(c1)nc([S+]([O-])Cc1ncc(C)c(OC)c1C)n2S(=O)(=O)c1cccc(C(=O)O)c1.[NaH]. The van der Waals surface area contributed by atoms with Gasteiger partial charge in [0, 0.05) is 34.6 Å². The van der Waals surface area contributed by atoms with Gasteiger partial charge in [0.2, 0.25) is 0 Å². The molecule has 0 fully saturated rings. The normalized spacial score (nSPS) is 12.1. The topological polar surface area (TPSA) is 144 Å². The van der Waals surface area contributed by atoms with Crippen molar-refractivity contribution >= 4 is 67.8 Å². The molecule has 1 N–H and O–H groups in total. The second kappa shape index (κ2) is 11.4. The number of rotatable bonds is 8. The molecule has 0 aliphatic carbocycles. The first-order valence-electron chi connectivity index (χ1n) is 10.6. The molecule has 2 aromatic carbocycles. The molecule has 190 valence electrons. The summed E-state index contributed by atoms with van der Waals surface area (Å²) in [7, 11) is -1.39. The Bertz CT molecular complexity index is 1590. The fraction of sp³-hybridized carbons (Fsp3) is 0.208. The van der Waals surface area contributed by atoms with Crippen LogP contribution in [0.25, 0.3) is 11.0 Å². The predicted octanol–water partition coefficient (Wildman–Crippen LogP) is 2.66. The molecule has 37 heavy (non-hydrogen) atoms. The Morgan fingerprint density at radius 1 is 1.14 bits per heavy atom. The van der Waals surface area contributed by atoms with Gasteiger partial charge in [-0.15, -0.1) is 0 Å². The van der Waals surface area contributed by atoms with Gasteiger partial charge >= 0.3 is 40.7 Å². The van der Waals surface area contributed by atoms with Crippen LogP contribution in [0, 0.1) is 13.8 Å². The Morgan fingerprint density at radius 2 is 1.86 bits per heavy atom. The van der Waals surface area contributed by atoms with E-state index in [0.717, 1.165) is 15.6 Å². The molecule has 0 saturated carbocycles. The van der Waals surface area contributed by atoms with Gasteiger partial charge in [0.1, 0.15) is 11.5 Å². The van der Waals surface area contributed by atoms with Crippen molar-refractivity contribution in [2.45, 2.75) is 29.7 Å². The van der Waals surface area contributed by atoms with Crippen LogP contribution in [-0.2, 0) is 27.0 Å². The first kappa shape index (κ1) is 29.0. The molecular formula is C24H24N3NaO7S2. The quantitative estimate of drug-likeness (QED) is 0.257. The van der Waals surface area contributed by atoms with Crippen LogP contribution in [0.4, 0.5) is 0 Å². The van der Waals surface area contributed by atoms with E-state index >= 15 is 0 Å². The van der Waals surface area contributed by atoms with E-state index in [1.807, 2.05) is 6.92 Å². The average Bonchev–Trinajstić information content (AvgIpc) is 3.26. The third kappa shape index (κ3) is 5.49. The van der Waals surface area contributed by atoms with Crippen molar-refractivity contribution in [3.05, 3.63) is 71.0 Å². The molecule has 13 heteroatoms. The van der Waals surface area contributed by atoms with Crippen LogP contribution in [0.1, 0.15) is 27.2 Å². The van der Waals surface area contributed by atoms with E-state index in [1.54, 1.807) is 19.2 Å². The van der Waals surface area contributed by atoms with E-state index in [1.165, 1.54) is 44.6 Å². The van der Waals surface area contributed by atoms with Gasteiger partial charge in [-0.3, -0.25) is 4.98 Å². The Morgan fingerprint density at radius 3 is 2.51 bits per heavy atom. The summed E-state index contributed by atoms with van der Waals surface area (Å²) in [5.74, 6) is -0.344. The number of benzene rings is 2. The number of fused-ring (bicyclic) bond motifs is 1. The summed E-state index contributed by atoms with van der Waals surface area (Å²) in [6.45, 7) is 3.62. The molecule has 1 atom stereocenters. The number of ether oxygens (including phenoxy) is 2. The number of aromatic carboxylic acids is 1. The van der Waals surface area contributed by atoms with E-state index in [9.17, 15) is 22.9 Å². The summed E-state index contributed by atoms with van der Waals surface area (Å²) in [5.41, 5.74) is 2.19. The zero-order chi connectivity index (χ0) is 26.2. The van der Waals surface area contributed by atoms with Crippen LogP contribution >= 0.6 is 0 Å². The van der Waals surface area contributed by atoms with Gasteiger partial charge in [0.05, 0.1) is 41.4 Å². The van der Waals surface area contributed by atoms with Crippen LogP contribution in [-0.4, -0.2) is 81.8 Å². The summed E-state index contributed by atoms with van der Waals surface area (Å²) in [4.78, 5) is 19.9. The number of aryl methyl sites for hydroxylation is 1. The maximum atomic E-state index is 13.8. The Hall–Kier alpha value is -2.61. The first-order chi connectivity index (χ1) is 17.1. The predicted molar refractivity (Wildman–Crippen MR) is 140 cm³/mol. The fourth-order valence-electron chi connectivity index (χ4n) is 3.82. The molecule has 0 aliphatic rings. The molecule has 4 aromatic rings. The van der Waals surface area contributed by atoms with Crippen LogP contribution < -0.4 is 9.47 Å². The number of imidazole rings is 1. The van der Waals surface area contributed by atoms with Crippen molar-refractivity contribution in [2.24, 2.45) is 0 Å². The van der Waals surface area contributed by atoms with Crippen molar-refractivity contribution in [3.63, 3.8) is 0 Å². The number of carboxylic acid groups (broad SMARTS) is 1. The summed E-state index contributed by atoms with van der Waals surface area (Å²) in [6, 6.07) is 9.55. The zero-order valence-corrected chi connectivity index (χ0v) is 21.5. The summed E-state index contributed by atoms with van der Waals surface area (Å²) < 4.78 is 52.7. The molecule has 0 aliphatic heterocycles. The van der Waals surface area contributed by atoms with Crippen molar-refractivity contribution < 1.29 is 32.3 Å². The minimum absolute atomic E-state index is 0. The van der Waals surface area contributed by atoms with Gasteiger partial charge in [-0.05, 0) is 44.2 Å². The standard InChI is InChI=1S/C24H23N3O7S2.Na.H/c1-14-12-25-20(15(2)22(14)34-4)13-35(30)24-26-19-11-17(33-3)8-9-21(19)27(24)36(31,32)18-7-5-6-16(10-18)23(28)29;;/h5-12H,13H2,1-4H3,(H,28,29);;. The van der Waals surface area contributed by atoms with Gasteiger partial charge in [-0.25, -0.2) is 13.2 Å².